The summed E-state index contributed by atoms with van der Waals surface area (Å²) in [6, 6.07) is 3.76. The number of pyridine rings is 1. The van der Waals surface area contributed by atoms with Gasteiger partial charge in [0.25, 0.3) is 0 Å². The molecule has 2 aliphatic heterocycles. The van der Waals surface area contributed by atoms with Gasteiger partial charge in [-0.1, -0.05) is 0 Å². The highest BCUT2D eigenvalue weighted by Gasteiger charge is 2.03. The summed E-state index contributed by atoms with van der Waals surface area (Å²) in [6.07, 6.45) is 8.29. The Morgan fingerprint density at radius 2 is 1.38 bits per heavy atom. The smallest absolute Gasteiger partial charge is 0.178 e. The Balaban J connectivity index is 2.45. The molecule has 0 aliphatic carbocycles. The summed E-state index contributed by atoms with van der Waals surface area (Å²) >= 11 is 0. The van der Waals surface area contributed by atoms with Crippen LogP contribution >= 0.6 is 0 Å². The van der Waals surface area contributed by atoms with Gasteiger partial charge in [0.2, 0.25) is 0 Å². The first-order valence-corrected chi connectivity index (χ1v) is 4.78. The maximum absolute atomic E-state index is 4.27. The zero-order valence-corrected chi connectivity index (χ0v) is 8.28. The Hall–Kier alpha value is -2.43. The molecule has 0 unspecified atom stereocenters. The van der Waals surface area contributed by atoms with Crippen molar-refractivity contribution in [1.29, 1.82) is 0 Å². The number of hydrogen-bond acceptors (Lipinski definition) is 5. The minimum absolute atomic E-state index is 0.598. The zero-order chi connectivity index (χ0) is 10.8. The topological polar surface area (TPSA) is 62.3 Å². The minimum atomic E-state index is 0.598. The molecule has 76 valence electrons. The van der Waals surface area contributed by atoms with Gasteiger partial charge in [-0.25, -0.2) is 20.0 Å². The van der Waals surface area contributed by atoms with Gasteiger partial charge in [0.05, 0.1) is 0 Å². The molecule has 2 aliphatic rings. The van der Waals surface area contributed by atoms with E-state index in [1.54, 1.807) is 31.1 Å². The van der Waals surface area contributed by atoms with E-state index in [-0.39, 0.29) is 0 Å². The first kappa shape index (κ1) is 8.84. The molecule has 1 aromatic heterocycles. The third kappa shape index (κ3) is 1.38. The van der Waals surface area contributed by atoms with Crippen LogP contribution in [0.15, 0.2) is 38.3 Å². The number of nitrogens with zero attached hydrogens (tertiary/aromatic N) is 5. The fraction of sp³-hybridized carbons (Fsp3) is 0. The monoisotopic (exact) mass is 209 g/mol. The van der Waals surface area contributed by atoms with E-state index in [4.69, 9.17) is 0 Å². The van der Waals surface area contributed by atoms with Crippen molar-refractivity contribution in [2.75, 3.05) is 0 Å². The molecule has 16 heavy (non-hydrogen) atoms. The van der Waals surface area contributed by atoms with Gasteiger partial charge in [0.1, 0.15) is 5.35 Å². The molecule has 5 nitrogen and oxygen atoms in total. The molecular weight excluding hydrogens is 202 g/mol. The molecule has 0 radical (unpaired) electrons. The molecule has 0 aromatic carbocycles. The summed E-state index contributed by atoms with van der Waals surface area (Å²) in [4.78, 5) is 20.8. The summed E-state index contributed by atoms with van der Waals surface area (Å²) in [5.74, 6) is 1.24. The van der Waals surface area contributed by atoms with Gasteiger partial charge in [-0.3, -0.25) is 4.98 Å². The number of aromatic nitrogens is 1. The normalized spacial score (nSPS) is 16.8. The predicted molar refractivity (Wildman–Crippen MR) is 64.3 cm³/mol. The second-order valence-electron chi connectivity index (χ2n) is 3.16. The minimum Gasteiger partial charge on any atom is -0.252 e. The average molecular weight is 209 g/mol. The molecule has 0 saturated heterocycles. The predicted octanol–water partition coefficient (Wildman–Crippen LogP) is -0.477. The molecule has 0 fully saturated rings. The van der Waals surface area contributed by atoms with Gasteiger partial charge in [0, 0.05) is 36.3 Å². The van der Waals surface area contributed by atoms with Gasteiger partial charge in [-0.05, 0) is 12.1 Å². The largest absolute Gasteiger partial charge is 0.252 e. The third-order valence-electron chi connectivity index (χ3n) is 2.18. The molecule has 0 spiro atoms. The maximum Gasteiger partial charge on any atom is 0.178 e. The molecule has 0 bridgehead atoms. The standard InChI is InChI=1S/C11H7N5/c1-2-8(10-13-4-5-14-10)9(12-3-1)11-15-6-7-16-11/h1-7H. The van der Waals surface area contributed by atoms with Gasteiger partial charge in [0.15, 0.2) is 11.6 Å². The molecule has 5 heteroatoms. The van der Waals surface area contributed by atoms with Gasteiger partial charge in [-0.2, -0.15) is 0 Å². The van der Waals surface area contributed by atoms with E-state index in [1.807, 2.05) is 12.1 Å². The molecule has 0 N–H and O–H groups in total. The van der Waals surface area contributed by atoms with Crippen molar-refractivity contribution in [3.05, 3.63) is 28.9 Å². The lowest BCUT2D eigenvalue weighted by atomic mass is 10.3. The fourth-order valence-corrected chi connectivity index (χ4v) is 1.51. The number of hydrogen-bond donors (Lipinski definition) is 0. The second kappa shape index (κ2) is 3.62. The van der Waals surface area contributed by atoms with Crippen molar-refractivity contribution >= 4 is 36.5 Å². The van der Waals surface area contributed by atoms with Gasteiger partial charge >= 0.3 is 0 Å². The van der Waals surface area contributed by atoms with Gasteiger partial charge < -0.3 is 0 Å². The second-order valence-corrected chi connectivity index (χ2v) is 3.16. The van der Waals surface area contributed by atoms with E-state index in [9.17, 15) is 0 Å². The van der Waals surface area contributed by atoms with Crippen LogP contribution in [0.1, 0.15) is 0 Å². The van der Waals surface area contributed by atoms with Crippen LogP contribution in [-0.2, 0) is 0 Å². The van der Waals surface area contributed by atoms with Crippen LogP contribution in [0.2, 0.25) is 0 Å². The van der Waals surface area contributed by atoms with Crippen LogP contribution in [0.4, 0.5) is 0 Å². The Morgan fingerprint density at radius 3 is 2.06 bits per heavy atom. The van der Waals surface area contributed by atoms with Crippen LogP contribution in [0, 0.1) is 0 Å². The summed E-state index contributed by atoms with van der Waals surface area (Å²) in [5.41, 5.74) is 0. The van der Waals surface area contributed by atoms with Gasteiger partial charge in [-0.15, -0.1) is 0 Å². The quantitative estimate of drug-likeness (QED) is 0.569. The van der Waals surface area contributed by atoms with E-state index in [0.29, 0.717) is 17.0 Å². The Morgan fingerprint density at radius 1 is 0.750 bits per heavy atom. The Labute approximate surface area is 91.0 Å². The molecular formula is C11H7N5. The van der Waals surface area contributed by atoms with E-state index < -0.39 is 0 Å². The lowest BCUT2D eigenvalue weighted by molar-refractivity contribution is 1.16. The first-order chi connectivity index (χ1) is 7.95. The summed E-state index contributed by atoms with van der Waals surface area (Å²) in [7, 11) is 0. The lowest BCUT2D eigenvalue weighted by Crippen LogP contribution is -2.30. The van der Waals surface area contributed by atoms with Crippen molar-refractivity contribution < 1.29 is 0 Å². The summed E-state index contributed by atoms with van der Waals surface area (Å²) < 4.78 is 0. The van der Waals surface area contributed by atoms with E-state index >= 15 is 0 Å². The molecule has 3 heterocycles. The summed E-state index contributed by atoms with van der Waals surface area (Å²) in [6.45, 7) is 0. The van der Waals surface area contributed by atoms with Crippen molar-refractivity contribution in [3.63, 3.8) is 0 Å². The maximum atomic E-state index is 4.27. The van der Waals surface area contributed by atoms with Crippen molar-refractivity contribution in [1.82, 2.24) is 4.98 Å². The molecule has 0 saturated carbocycles. The van der Waals surface area contributed by atoms with Crippen molar-refractivity contribution in [2.24, 2.45) is 20.0 Å². The van der Waals surface area contributed by atoms with E-state index in [1.165, 1.54) is 0 Å². The highest BCUT2D eigenvalue weighted by Crippen LogP contribution is 2.01. The Kier molecular flexibility index (Phi) is 2.00. The zero-order valence-electron chi connectivity index (χ0n) is 8.28. The Bertz CT molecular complexity index is 577. The third-order valence-corrected chi connectivity index (χ3v) is 2.18. The molecule has 1 aromatic rings. The first-order valence-electron chi connectivity index (χ1n) is 4.78. The van der Waals surface area contributed by atoms with Crippen LogP contribution < -0.4 is 10.6 Å². The van der Waals surface area contributed by atoms with Crippen molar-refractivity contribution in [2.45, 2.75) is 0 Å². The fourth-order valence-electron chi connectivity index (χ4n) is 1.51. The number of rotatable bonds is 0. The van der Waals surface area contributed by atoms with Crippen LogP contribution in [0.25, 0.3) is 11.6 Å². The van der Waals surface area contributed by atoms with Crippen LogP contribution in [0.3, 0.4) is 0 Å². The van der Waals surface area contributed by atoms with Crippen molar-refractivity contribution in [3.8, 4) is 0 Å². The van der Waals surface area contributed by atoms with E-state index in [2.05, 4.69) is 25.0 Å². The lowest BCUT2D eigenvalue weighted by Gasteiger charge is -1.93. The highest BCUT2D eigenvalue weighted by molar-refractivity contribution is 6.21. The highest BCUT2D eigenvalue weighted by atomic mass is 15.0. The van der Waals surface area contributed by atoms with Crippen LogP contribution in [0.5, 0.6) is 0 Å². The molecule has 3 rings (SSSR count). The summed E-state index contributed by atoms with van der Waals surface area (Å²) in [5, 5.41) is 1.55. The van der Waals surface area contributed by atoms with E-state index in [0.717, 1.165) is 5.22 Å². The van der Waals surface area contributed by atoms with Crippen LogP contribution in [-0.4, -0.2) is 29.8 Å². The number of aliphatic imine (C=N–C) groups is 4. The average Bonchev–Trinajstić information content (AvgIpc) is 3.03. The molecule has 0 atom stereocenters. The SMILES string of the molecule is C1=NC(=c2cccnc2=C2N=CC=N2)N=C1. The molecule has 0 amide bonds.